The lowest BCUT2D eigenvalue weighted by atomic mass is 9.92. The highest BCUT2D eigenvalue weighted by Crippen LogP contribution is 2.23. The van der Waals surface area contributed by atoms with Crippen LogP contribution in [0.25, 0.3) is 0 Å². The van der Waals surface area contributed by atoms with Crippen LogP contribution in [0.1, 0.15) is 32.0 Å². The Balaban J connectivity index is 2.17. The van der Waals surface area contributed by atoms with Gasteiger partial charge in [-0.3, -0.25) is 5.10 Å². The molecule has 2 rings (SSSR count). The fourth-order valence-corrected chi connectivity index (χ4v) is 1.51. The Morgan fingerprint density at radius 2 is 1.94 bits per heavy atom. The van der Waals surface area contributed by atoms with Crippen LogP contribution in [-0.4, -0.2) is 15.2 Å². The monoisotopic (exact) mass is 230 g/mol. The topological polar surface area (TPSA) is 53.6 Å². The van der Waals surface area contributed by atoms with Gasteiger partial charge in [-0.05, 0) is 24.6 Å². The zero-order chi connectivity index (χ0) is 12.5. The number of hydrogen-bond acceptors (Lipinski definition) is 3. The molecule has 0 aromatic carbocycles. The summed E-state index contributed by atoms with van der Waals surface area (Å²) in [6.45, 7) is 8.48. The molecule has 4 nitrogen and oxygen atoms in total. The Morgan fingerprint density at radius 1 is 1.18 bits per heavy atom. The summed E-state index contributed by atoms with van der Waals surface area (Å²) in [4.78, 5) is 4.24. The fraction of sp³-hybridized carbons (Fsp3) is 0.385. The highest BCUT2D eigenvalue weighted by molar-refractivity contribution is 5.52. The second kappa shape index (κ2) is 4.20. The maximum atomic E-state index is 4.24. The summed E-state index contributed by atoms with van der Waals surface area (Å²) in [6.07, 6.45) is 1.79. The maximum Gasteiger partial charge on any atom is 0.153 e. The molecular weight excluding hydrogens is 212 g/mol. The average molecular weight is 230 g/mol. The van der Waals surface area contributed by atoms with Crippen LogP contribution < -0.4 is 5.32 Å². The van der Waals surface area contributed by atoms with Gasteiger partial charge >= 0.3 is 0 Å². The van der Waals surface area contributed by atoms with Gasteiger partial charge in [0.2, 0.25) is 0 Å². The minimum atomic E-state index is 0.0764. The summed E-state index contributed by atoms with van der Waals surface area (Å²) in [6, 6.07) is 5.98. The third-order valence-corrected chi connectivity index (χ3v) is 2.56. The van der Waals surface area contributed by atoms with Gasteiger partial charge in [0, 0.05) is 23.4 Å². The number of rotatable bonds is 2. The number of nitrogens with one attached hydrogen (secondary N) is 2. The SMILES string of the molecule is Cc1ccnc(Nc2cc(C(C)(C)C)[nH]n2)c1. The van der Waals surface area contributed by atoms with Crippen molar-refractivity contribution in [2.45, 2.75) is 33.1 Å². The van der Waals surface area contributed by atoms with E-state index in [1.54, 1.807) is 6.20 Å². The van der Waals surface area contributed by atoms with Crippen LogP contribution in [-0.2, 0) is 5.41 Å². The zero-order valence-electron chi connectivity index (χ0n) is 10.7. The van der Waals surface area contributed by atoms with Crippen molar-refractivity contribution in [1.82, 2.24) is 15.2 Å². The van der Waals surface area contributed by atoms with Gasteiger partial charge in [0.05, 0.1) is 0 Å². The maximum absolute atomic E-state index is 4.24. The van der Waals surface area contributed by atoms with Crippen LogP contribution in [0.15, 0.2) is 24.4 Å². The highest BCUT2D eigenvalue weighted by atomic mass is 15.2. The van der Waals surface area contributed by atoms with Crippen LogP contribution in [0.3, 0.4) is 0 Å². The molecule has 90 valence electrons. The molecule has 2 aromatic rings. The standard InChI is InChI=1S/C13H18N4/c1-9-5-6-14-11(7-9)15-12-8-10(16-17-12)13(2,3)4/h5-8H,1-4H3,(H2,14,15,16,17). The second-order valence-corrected chi connectivity index (χ2v) is 5.26. The molecule has 0 aliphatic heterocycles. The summed E-state index contributed by atoms with van der Waals surface area (Å²) in [7, 11) is 0. The molecular formula is C13H18N4. The number of pyridine rings is 1. The van der Waals surface area contributed by atoms with Crippen molar-refractivity contribution in [2.75, 3.05) is 5.32 Å². The van der Waals surface area contributed by atoms with Gasteiger partial charge in [-0.2, -0.15) is 5.10 Å². The summed E-state index contributed by atoms with van der Waals surface area (Å²) < 4.78 is 0. The van der Waals surface area contributed by atoms with E-state index in [1.165, 1.54) is 5.56 Å². The van der Waals surface area contributed by atoms with Gasteiger partial charge in [0.1, 0.15) is 5.82 Å². The molecule has 0 bridgehead atoms. The lowest BCUT2D eigenvalue weighted by Gasteiger charge is -2.14. The molecule has 0 saturated heterocycles. The lowest BCUT2D eigenvalue weighted by Crippen LogP contribution is -2.11. The van der Waals surface area contributed by atoms with E-state index in [9.17, 15) is 0 Å². The predicted molar refractivity (Wildman–Crippen MR) is 69.5 cm³/mol. The van der Waals surface area contributed by atoms with Gasteiger partial charge in [0.25, 0.3) is 0 Å². The van der Waals surface area contributed by atoms with E-state index < -0.39 is 0 Å². The van der Waals surface area contributed by atoms with Crippen LogP contribution >= 0.6 is 0 Å². The molecule has 4 heteroatoms. The van der Waals surface area contributed by atoms with E-state index in [-0.39, 0.29) is 5.41 Å². The Bertz CT molecular complexity index is 508. The van der Waals surface area contributed by atoms with Gasteiger partial charge in [-0.15, -0.1) is 0 Å². The number of aryl methyl sites for hydroxylation is 1. The molecule has 0 atom stereocenters. The lowest BCUT2D eigenvalue weighted by molar-refractivity contribution is 0.567. The number of anilines is 2. The summed E-state index contributed by atoms with van der Waals surface area (Å²) >= 11 is 0. The van der Waals surface area contributed by atoms with Crippen LogP contribution in [0.4, 0.5) is 11.6 Å². The molecule has 0 aliphatic carbocycles. The minimum Gasteiger partial charge on any atom is -0.323 e. The molecule has 2 aromatic heterocycles. The molecule has 2 N–H and O–H groups in total. The first kappa shape index (κ1) is 11.6. The van der Waals surface area contributed by atoms with E-state index in [0.717, 1.165) is 17.3 Å². The Labute approximate surface area is 101 Å². The van der Waals surface area contributed by atoms with Crippen molar-refractivity contribution < 1.29 is 0 Å². The Morgan fingerprint density at radius 3 is 2.53 bits per heavy atom. The summed E-state index contributed by atoms with van der Waals surface area (Å²) in [5.74, 6) is 1.62. The van der Waals surface area contributed by atoms with Gasteiger partial charge in [-0.1, -0.05) is 20.8 Å². The third-order valence-electron chi connectivity index (χ3n) is 2.56. The van der Waals surface area contributed by atoms with Crippen LogP contribution in [0, 0.1) is 6.92 Å². The van der Waals surface area contributed by atoms with Crippen molar-refractivity contribution in [3.63, 3.8) is 0 Å². The van der Waals surface area contributed by atoms with Gasteiger partial charge in [-0.25, -0.2) is 4.98 Å². The molecule has 0 unspecified atom stereocenters. The number of aromatic nitrogens is 3. The highest BCUT2D eigenvalue weighted by Gasteiger charge is 2.16. The molecule has 0 fully saturated rings. The quantitative estimate of drug-likeness (QED) is 0.833. The molecule has 0 amide bonds. The van der Waals surface area contributed by atoms with Crippen LogP contribution in [0.5, 0.6) is 0 Å². The number of hydrogen-bond donors (Lipinski definition) is 2. The first-order valence-corrected chi connectivity index (χ1v) is 5.71. The molecule has 0 spiro atoms. The minimum absolute atomic E-state index is 0.0764. The summed E-state index contributed by atoms with van der Waals surface area (Å²) in [5, 5.41) is 10.5. The van der Waals surface area contributed by atoms with E-state index in [1.807, 2.05) is 25.1 Å². The number of nitrogens with zero attached hydrogens (tertiary/aromatic N) is 2. The first-order chi connectivity index (χ1) is 7.95. The second-order valence-electron chi connectivity index (χ2n) is 5.26. The normalized spacial score (nSPS) is 11.5. The van der Waals surface area contributed by atoms with E-state index >= 15 is 0 Å². The smallest absolute Gasteiger partial charge is 0.153 e. The van der Waals surface area contributed by atoms with Crippen molar-refractivity contribution in [3.05, 3.63) is 35.7 Å². The Kier molecular flexibility index (Phi) is 2.88. The molecule has 17 heavy (non-hydrogen) atoms. The van der Waals surface area contributed by atoms with Crippen molar-refractivity contribution in [2.24, 2.45) is 0 Å². The molecule has 0 saturated carbocycles. The van der Waals surface area contributed by atoms with Crippen LogP contribution in [0.2, 0.25) is 0 Å². The van der Waals surface area contributed by atoms with E-state index in [4.69, 9.17) is 0 Å². The Hall–Kier alpha value is -1.84. The predicted octanol–water partition coefficient (Wildman–Crippen LogP) is 3.15. The van der Waals surface area contributed by atoms with Crippen molar-refractivity contribution in [3.8, 4) is 0 Å². The first-order valence-electron chi connectivity index (χ1n) is 5.71. The van der Waals surface area contributed by atoms with Gasteiger partial charge in [0.15, 0.2) is 5.82 Å². The molecule has 0 radical (unpaired) electrons. The number of H-pyrrole nitrogens is 1. The third kappa shape index (κ3) is 2.84. The zero-order valence-corrected chi connectivity index (χ0v) is 10.7. The van der Waals surface area contributed by atoms with Gasteiger partial charge < -0.3 is 5.32 Å². The molecule has 2 heterocycles. The number of aromatic amines is 1. The van der Waals surface area contributed by atoms with E-state index in [2.05, 4.69) is 41.3 Å². The molecule has 0 aliphatic rings. The largest absolute Gasteiger partial charge is 0.323 e. The van der Waals surface area contributed by atoms with Crippen molar-refractivity contribution in [1.29, 1.82) is 0 Å². The van der Waals surface area contributed by atoms with E-state index in [0.29, 0.717) is 0 Å². The average Bonchev–Trinajstić information content (AvgIpc) is 2.65. The fourth-order valence-electron chi connectivity index (χ4n) is 1.51. The van der Waals surface area contributed by atoms with Crippen molar-refractivity contribution >= 4 is 11.6 Å². The summed E-state index contributed by atoms with van der Waals surface area (Å²) in [5.41, 5.74) is 2.36.